The first kappa shape index (κ1) is 23.4. The quantitative estimate of drug-likeness (QED) is 0.469. The lowest BCUT2D eigenvalue weighted by molar-refractivity contribution is 0.0878. The molecule has 2 aliphatic rings. The minimum absolute atomic E-state index is 0.184. The summed E-state index contributed by atoms with van der Waals surface area (Å²) in [6.45, 7) is 2.26. The van der Waals surface area contributed by atoms with Crippen molar-refractivity contribution in [2.75, 3.05) is 25.5 Å². The monoisotopic (exact) mass is 482 g/mol. The molecule has 0 bridgehead atoms. The van der Waals surface area contributed by atoms with Crippen molar-refractivity contribution in [1.29, 1.82) is 0 Å². The highest BCUT2D eigenvalue weighted by molar-refractivity contribution is 6.22. The Morgan fingerprint density at radius 1 is 0.889 bits per heavy atom. The van der Waals surface area contributed by atoms with Crippen LogP contribution in [-0.2, 0) is 19.4 Å². The fraction of sp³-hybridized carbons (Fsp3) is 0.214. The second-order valence-corrected chi connectivity index (χ2v) is 9.18. The number of nitrogens with one attached hydrogen (secondary N) is 3. The zero-order valence-corrected chi connectivity index (χ0v) is 19.9. The fourth-order valence-electron chi connectivity index (χ4n) is 4.58. The van der Waals surface area contributed by atoms with Gasteiger partial charge in [0.2, 0.25) is 0 Å². The van der Waals surface area contributed by atoms with Gasteiger partial charge >= 0.3 is 0 Å². The molecule has 8 heteroatoms. The van der Waals surface area contributed by atoms with Crippen LogP contribution >= 0.6 is 0 Å². The second-order valence-electron chi connectivity index (χ2n) is 9.18. The van der Waals surface area contributed by atoms with E-state index < -0.39 is 11.8 Å². The molecule has 5 rings (SSSR count). The minimum atomic E-state index is -0.498. The number of nitrogens with zero attached hydrogens (tertiary/aromatic N) is 1. The van der Waals surface area contributed by atoms with Crippen molar-refractivity contribution in [2.24, 2.45) is 0 Å². The summed E-state index contributed by atoms with van der Waals surface area (Å²) in [5.41, 5.74) is 5.58. The van der Waals surface area contributed by atoms with Gasteiger partial charge in [-0.25, -0.2) is 0 Å². The molecule has 182 valence electrons. The highest BCUT2D eigenvalue weighted by atomic mass is 16.2. The first-order valence-electron chi connectivity index (χ1n) is 11.9. The van der Waals surface area contributed by atoms with Crippen molar-refractivity contribution in [3.05, 3.63) is 99.6 Å². The summed E-state index contributed by atoms with van der Waals surface area (Å²) >= 11 is 0. The third kappa shape index (κ3) is 4.89. The average Bonchev–Trinajstić information content (AvgIpc) is 3.16. The number of hydrogen-bond acceptors (Lipinski definition) is 5. The lowest BCUT2D eigenvalue weighted by atomic mass is 9.99. The summed E-state index contributed by atoms with van der Waals surface area (Å²) in [4.78, 5) is 51.2. The molecule has 0 radical (unpaired) electrons. The van der Waals surface area contributed by atoms with E-state index in [9.17, 15) is 19.2 Å². The summed E-state index contributed by atoms with van der Waals surface area (Å²) in [5.74, 6) is -1.47. The molecule has 3 aromatic carbocycles. The third-order valence-electron chi connectivity index (χ3n) is 6.55. The Morgan fingerprint density at radius 2 is 1.69 bits per heavy atom. The summed E-state index contributed by atoms with van der Waals surface area (Å²) in [6.07, 6.45) is 1.54. The fourth-order valence-corrected chi connectivity index (χ4v) is 4.58. The number of hydrogen-bond donors (Lipinski definition) is 3. The van der Waals surface area contributed by atoms with Gasteiger partial charge in [0, 0.05) is 36.4 Å². The normalized spacial score (nSPS) is 14.6. The van der Waals surface area contributed by atoms with E-state index in [-0.39, 0.29) is 22.9 Å². The van der Waals surface area contributed by atoms with Crippen LogP contribution in [0.3, 0.4) is 0 Å². The number of rotatable bonds is 6. The van der Waals surface area contributed by atoms with Gasteiger partial charge in [0.15, 0.2) is 0 Å². The van der Waals surface area contributed by atoms with Gasteiger partial charge in [-0.15, -0.1) is 0 Å². The summed E-state index contributed by atoms with van der Waals surface area (Å²) < 4.78 is 0. The van der Waals surface area contributed by atoms with Gasteiger partial charge in [0.05, 0.1) is 11.1 Å². The van der Waals surface area contributed by atoms with Crippen LogP contribution in [0.25, 0.3) is 0 Å². The Morgan fingerprint density at radius 3 is 2.56 bits per heavy atom. The zero-order chi connectivity index (χ0) is 25.2. The standard InChI is InChI=1S/C28H26N4O4/c1-32-12-10-18-5-7-22(14-21(18)16-32)30-26(34)19-4-2-3-17(13-19)9-11-29-25(33)20-6-8-23-24(15-20)28(36)31-27(23)35/h2-8,13-15H,9-12,16H2,1H3,(H,29,33)(H,30,34)(H,31,35,36). The van der Waals surface area contributed by atoms with Crippen molar-refractivity contribution in [1.82, 2.24) is 15.5 Å². The molecule has 0 aliphatic carbocycles. The van der Waals surface area contributed by atoms with Gasteiger partial charge in [-0.2, -0.15) is 0 Å². The van der Waals surface area contributed by atoms with E-state index in [0.717, 1.165) is 30.8 Å². The first-order chi connectivity index (χ1) is 17.4. The molecule has 4 amide bonds. The van der Waals surface area contributed by atoms with E-state index in [1.165, 1.54) is 29.3 Å². The second kappa shape index (κ2) is 9.75. The zero-order valence-electron chi connectivity index (χ0n) is 19.9. The molecule has 2 aliphatic heterocycles. The average molecular weight is 483 g/mol. The predicted octanol–water partition coefficient (Wildman–Crippen LogP) is 2.78. The highest BCUT2D eigenvalue weighted by Crippen LogP contribution is 2.22. The number of benzene rings is 3. The highest BCUT2D eigenvalue weighted by Gasteiger charge is 2.27. The SMILES string of the molecule is CN1CCc2ccc(NC(=O)c3cccc(CCNC(=O)c4ccc5c(c4)C(=O)NC5=O)c3)cc2C1. The van der Waals surface area contributed by atoms with Crippen LogP contribution in [0.4, 0.5) is 5.69 Å². The largest absolute Gasteiger partial charge is 0.352 e. The summed E-state index contributed by atoms with van der Waals surface area (Å²) in [5, 5.41) is 8.03. The van der Waals surface area contributed by atoms with Crippen LogP contribution < -0.4 is 16.0 Å². The molecule has 3 aromatic rings. The summed E-state index contributed by atoms with van der Waals surface area (Å²) in [7, 11) is 2.09. The molecule has 0 unspecified atom stereocenters. The number of amides is 4. The van der Waals surface area contributed by atoms with E-state index in [4.69, 9.17) is 0 Å². The number of anilines is 1. The molecule has 8 nitrogen and oxygen atoms in total. The van der Waals surface area contributed by atoms with E-state index in [1.807, 2.05) is 30.3 Å². The van der Waals surface area contributed by atoms with Crippen LogP contribution in [0.1, 0.15) is 58.1 Å². The van der Waals surface area contributed by atoms with Gasteiger partial charge in [-0.05, 0) is 79.0 Å². The molecule has 0 saturated carbocycles. The minimum Gasteiger partial charge on any atom is -0.352 e. The Hall–Kier alpha value is -4.30. The van der Waals surface area contributed by atoms with E-state index in [1.54, 1.807) is 6.07 Å². The third-order valence-corrected chi connectivity index (χ3v) is 6.55. The molecule has 0 saturated heterocycles. The Balaban J connectivity index is 1.18. The predicted molar refractivity (Wildman–Crippen MR) is 135 cm³/mol. The first-order valence-corrected chi connectivity index (χ1v) is 11.9. The van der Waals surface area contributed by atoms with Gasteiger partial charge in [-0.3, -0.25) is 24.5 Å². The van der Waals surface area contributed by atoms with Crippen molar-refractivity contribution >= 4 is 29.3 Å². The maximum Gasteiger partial charge on any atom is 0.258 e. The van der Waals surface area contributed by atoms with E-state index >= 15 is 0 Å². The number of carbonyl (C=O) groups is 4. The van der Waals surface area contributed by atoms with Crippen molar-refractivity contribution in [3.63, 3.8) is 0 Å². The van der Waals surface area contributed by atoms with Crippen molar-refractivity contribution < 1.29 is 19.2 Å². The molecule has 0 fully saturated rings. The molecule has 0 aromatic heterocycles. The molecule has 3 N–H and O–H groups in total. The number of fused-ring (bicyclic) bond motifs is 2. The topological polar surface area (TPSA) is 108 Å². The van der Waals surface area contributed by atoms with Crippen LogP contribution in [0, 0.1) is 0 Å². The van der Waals surface area contributed by atoms with Crippen LogP contribution in [-0.4, -0.2) is 48.7 Å². The van der Waals surface area contributed by atoms with Gasteiger partial charge in [0.25, 0.3) is 23.6 Å². The molecular weight excluding hydrogens is 456 g/mol. The van der Waals surface area contributed by atoms with Crippen LogP contribution in [0.15, 0.2) is 60.7 Å². The lowest BCUT2D eigenvalue weighted by Crippen LogP contribution is -2.26. The van der Waals surface area contributed by atoms with Crippen LogP contribution in [0.5, 0.6) is 0 Å². The molecular formula is C28H26N4O4. The van der Waals surface area contributed by atoms with E-state index in [2.05, 4.69) is 34.0 Å². The van der Waals surface area contributed by atoms with Crippen LogP contribution in [0.2, 0.25) is 0 Å². The number of likely N-dealkylation sites (N-methyl/N-ethyl adjacent to an activating group) is 1. The molecule has 0 atom stereocenters. The smallest absolute Gasteiger partial charge is 0.258 e. The van der Waals surface area contributed by atoms with E-state index in [0.29, 0.717) is 24.1 Å². The van der Waals surface area contributed by atoms with Crippen molar-refractivity contribution in [2.45, 2.75) is 19.4 Å². The Kier molecular flexibility index (Phi) is 6.35. The maximum atomic E-state index is 12.9. The Labute approximate surface area is 208 Å². The van der Waals surface area contributed by atoms with Crippen molar-refractivity contribution in [3.8, 4) is 0 Å². The molecule has 36 heavy (non-hydrogen) atoms. The summed E-state index contributed by atoms with van der Waals surface area (Å²) in [6, 6.07) is 17.8. The number of imide groups is 1. The molecule has 2 heterocycles. The van der Waals surface area contributed by atoms with Gasteiger partial charge in [-0.1, -0.05) is 18.2 Å². The molecule has 0 spiro atoms. The van der Waals surface area contributed by atoms with Gasteiger partial charge in [0.1, 0.15) is 0 Å². The number of carbonyl (C=O) groups excluding carboxylic acids is 4. The lowest BCUT2D eigenvalue weighted by Gasteiger charge is -2.25. The Bertz CT molecular complexity index is 1400. The van der Waals surface area contributed by atoms with Gasteiger partial charge < -0.3 is 15.5 Å². The maximum absolute atomic E-state index is 12.9.